The maximum Gasteiger partial charge on any atom is 0.0962 e. The summed E-state index contributed by atoms with van der Waals surface area (Å²) >= 11 is 3.64. The van der Waals surface area contributed by atoms with Crippen LogP contribution in [0.4, 0.5) is 10.0 Å². The summed E-state index contributed by atoms with van der Waals surface area (Å²) in [4.78, 5) is 2.43. The Hall–Kier alpha value is -1.06. The fraction of sp³-hybridized carbons (Fsp3) is 0.643. The Morgan fingerprint density at radius 2 is 1.32 bits per heavy atom. The van der Waals surface area contributed by atoms with Gasteiger partial charge >= 0.3 is 0 Å². The summed E-state index contributed by atoms with van der Waals surface area (Å²) in [7, 11) is 0. The Bertz CT molecular complexity index is 665. The molecule has 0 fully saturated rings. The Kier molecular flexibility index (Phi) is 12.6. The summed E-state index contributed by atoms with van der Waals surface area (Å²) in [5, 5.41) is 7.00. The van der Waals surface area contributed by atoms with Crippen LogP contribution >= 0.6 is 22.7 Å². The van der Waals surface area contributed by atoms with Crippen molar-refractivity contribution in [1.82, 2.24) is 0 Å². The van der Waals surface area contributed by atoms with Crippen molar-refractivity contribution in [2.24, 2.45) is 17.8 Å². The lowest BCUT2D eigenvalue weighted by atomic mass is 9.91. The van der Waals surface area contributed by atoms with Crippen LogP contribution in [0.1, 0.15) is 92.4 Å². The molecule has 2 aromatic rings. The van der Waals surface area contributed by atoms with E-state index in [1.54, 1.807) is 0 Å². The third-order valence-corrected chi connectivity index (χ3v) is 8.09. The molecule has 0 aliphatic heterocycles. The fourth-order valence-corrected chi connectivity index (χ4v) is 5.76. The molecular weight excluding hydrogens is 414 g/mol. The highest BCUT2D eigenvalue weighted by atomic mass is 32.1. The molecule has 0 saturated heterocycles. The van der Waals surface area contributed by atoms with Crippen LogP contribution in [0.2, 0.25) is 0 Å². The van der Waals surface area contributed by atoms with Gasteiger partial charge in [0.2, 0.25) is 0 Å². The fourth-order valence-electron chi connectivity index (χ4n) is 4.19. The molecule has 0 amide bonds. The van der Waals surface area contributed by atoms with E-state index in [1.807, 2.05) is 22.7 Å². The van der Waals surface area contributed by atoms with Gasteiger partial charge in [0.25, 0.3) is 0 Å². The summed E-state index contributed by atoms with van der Waals surface area (Å²) in [5.74, 6) is 2.63. The zero-order valence-electron chi connectivity index (χ0n) is 20.6. The second kappa shape index (κ2) is 14.9. The van der Waals surface area contributed by atoms with Crippen LogP contribution < -0.4 is 4.90 Å². The molecule has 2 heterocycles. The van der Waals surface area contributed by atoms with Crippen molar-refractivity contribution in [1.29, 1.82) is 0 Å². The third-order valence-electron chi connectivity index (χ3n) is 6.31. The molecule has 0 aliphatic carbocycles. The highest BCUT2D eigenvalue weighted by Crippen LogP contribution is 2.33. The van der Waals surface area contributed by atoms with E-state index in [9.17, 15) is 0 Å². The highest BCUT2D eigenvalue weighted by molar-refractivity contribution is 7.16. The Morgan fingerprint density at radius 3 is 1.81 bits per heavy atom. The Morgan fingerprint density at radius 1 is 0.806 bits per heavy atom. The van der Waals surface area contributed by atoms with Crippen molar-refractivity contribution in [2.75, 3.05) is 11.4 Å². The minimum atomic E-state index is 0.860. The minimum absolute atomic E-state index is 0.860. The molecule has 1 nitrogen and oxygen atoms in total. The van der Waals surface area contributed by atoms with Gasteiger partial charge in [0, 0.05) is 6.54 Å². The van der Waals surface area contributed by atoms with Gasteiger partial charge in [-0.05, 0) is 72.5 Å². The van der Waals surface area contributed by atoms with Crippen molar-refractivity contribution in [3.63, 3.8) is 0 Å². The van der Waals surface area contributed by atoms with Crippen LogP contribution in [0, 0.1) is 17.8 Å². The summed E-state index contributed by atoms with van der Waals surface area (Å²) in [6.45, 7) is 12.9. The summed E-state index contributed by atoms with van der Waals surface area (Å²) in [6.07, 6.45) is 14.8. The lowest BCUT2D eigenvalue weighted by Gasteiger charge is -2.20. The van der Waals surface area contributed by atoms with E-state index in [0.717, 1.165) is 24.3 Å². The molecule has 0 radical (unpaired) electrons. The van der Waals surface area contributed by atoms with E-state index in [2.05, 4.69) is 80.6 Å². The lowest BCUT2D eigenvalue weighted by Crippen LogP contribution is -2.14. The Labute approximate surface area is 200 Å². The van der Waals surface area contributed by atoms with E-state index in [1.165, 1.54) is 73.4 Å². The first kappa shape index (κ1) is 26.2. The number of allylic oxidation sites excluding steroid dienone is 1. The molecule has 31 heavy (non-hydrogen) atoms. The molecule has 0 aliphatic rings. The van der Waals surface area contributed by atoms with Crippen LogP contribution in [0.3, 0.4) is 0 Å². The van der Waals surface area contributed by atoms with E-state index in [4.69, 9.17) is 0 Å². The van der Waals surface area contributed by atoms with Crippen LogP contribution in [-0.4, -0.2) is 6.54 Å². The number of thiophene rings is 2. The molecule has 2 atom stereocenters. The predicted molar refractivity (Wildman–Crippen MR) is 144 cm³/mol. The number of anilines is 2. The van der Waals surface area contributed by atoms with E-state index >= 15 is 0 Å². The topological polar surface area (TPSA) is 3.24 Å². The first-order chi connectivity index (χ1) is 15.0. The molecule has 2 rings (SSSR count). The Balaban J connectivity index is 1.63. The standard InChI is InChI=1S/C28H45NS2/c1-23(2)11-6-12-24(3)13-7-14-25(4)15-8-16-26(5)19-20-29(27-17-9-21-30-27)28-18-10-22-31-28/h9-10,17-19,21-25H,6-8,11-16,20H2,1-5H3/b26-19+. The SMILES string of the molecule is C/C(=C\CN(c1cccs1)c1cccs1)CCCC(C)CCCC(C)CCCC(C)C. The molecule has 2 aromatic heterocycles. The molecule has 0 N–H and O–H groups in total. The maximum absolute atomic E-state index is 2.46. The quantitative estimate of drug-likeness (QED) is 0.226. The monoisotopic (exact) mass is 459 g/mol. The third kappa shape index (κ3) is 10.9. The van der Waals surface area contributed by atoms with E-state index < -0.39 is 0 Å². The summed E-state index contributed by atoms with van der Waals surface area (Å²) in [6, 6.07) is 8.73. The largest absolute Gasteiger partial charge is 0.321 e. The minimum Gasteiger partial charge on any atom is -0.321 e. The summed E-state index contributed by atoms with van der Waals surface area (Å²) < 4.78 is 0. The van der Waals surface area contributed by atoms with E-state index in [-0.39, 0.29) is 0 Å². The van der Waals surface area contributed by atoms with Gasteiger partial charge in [-0.3, -0.25) is 0 Å². The molecular formula is C28H45NS2. The number of nitrogens with zero attached hydrogens (tertiary/aromatic N) is 1. The molecule has 0 bridgehead atoms. The number of hydrogen-bond donors (Lipinski definition) is 0. The van der Waals surface area contributed by atoms with Gasteiger partial charge in [0.05, 0.1) is 10.0 Å². The van der Waals surface area contributed by atoms with Gasteiger partial charge in [-0.1, -0.05) is 84.3 Å². The highest BCUT2D eigenvalue weighted by Gasteiger charge is 2.10. The first-order valence-corrected chi connectivity index (χ1v) is 14.2. The molecule has 174 valence electrons. The summed E-state index contributed by atoms with van der Waals surface area (Å²) in [5.41, 5.74) is 1.53. The van der Waals surface area contributed by atoms with Crippen LogP contribution in [0.25, 0.3) is 0 Å². The smallest absolute Gasteiger partial charge is 0.0962 e. The van der Waals surface area contributed by atoms with Gasteiger partial charge in [-0.2, -0.15) is 0 Å². The average Bonchev–Trinajstić information content (AvgIpc) is 3.42. The zero-order valence-corrected chi connectivity index (χ0v) is 22.2. The first-order valence-electron chi connectivity index (χ1n) is 12.5. The van der Waals surface area contributed by atoms with Crippen molar-refractivity contribution < 1.29 is 0 Å². The van der Waals surface area contributed by atoms with Crippen molar-refractivity contribution in [3.8, 4) is 0 Å². The maximum atomic E-state index is 2.46. The predicted octanol–water partition coefficient (Wildman–Crippen LogP) is 10.3. The zero-order chi connectivity index (χ0) is 22.5. The average molecular weight is 460 g/mol. The second-order valence-corrected chi connectivity index (χ2v) is 11.8. The number of rotatable bonds is 16. The second-order valence-electron chi connectivity index (χ2n) is 9.92. The number of hydrogen-bond acceptors (Lipinski definition) is 3. The van der Waals surface area contributed by atoms with Gasteiger partial charge in [-0.15, -0.1) is 22.7 Å². The normalized spacial score (nSPS) is 14.2. The van der Waals surface area contributed by atoms with Crippen molar-refractivity contribution >= 4 is 32.7 Å². The molecule has 0 spiro atoms. The van der Waals surface area contributed by atoms with Crippen molar-refractivity contribution in [3.05, 3.63) is 46.7 Å². The molecule has 3 heteroatoms. The van der Waals surface area contributed by atoms with Gasteiger partial charge in [-0.25, -0.2) is 0 Å². The van der Waals surface area contributed by atoms with Crippen LogP contribution in [0.15, 0.2) is 46.7 Å². The van der Waals surface area contributed by atoms with Crippen molar-refractivity contribution in [2.45, 2.75) is 92.4 Å². The molecule has 0 saturated carbocycles. The molecule has 2 unspecified atom stereocenters. The lowest BCUT2D eigenvalue weighted by molar-refractivity contribution is 0.389. The van der Waals surface area contributed by atoms with Crippen LogP contribution in [-0.2, 0) is 0 Å². The van der Waals surface area contributed by atoms with Gasteiger partial charge < -0.3 is 4.90 Å². The van der Waals surface area contributed by atoms with Gasteiger partial charge in [0.1, 0.15) is 0 Å². The van der Waals surface area contributed by atoms with Crippen LogP contribution in [0.5, 0.6) is 0 Å². The molecule has 0 aromatic carbocycles. The van der Waals surface area contributed by atoms with Gasteiger partial charge in [0.15, 0.2) is 0 Å². The van der Waals surface area contributed by atoms with E-state index in [0.29, 0.717) is 0 Å².